The topological polar surface area (TPSA) is 87.5 Å². The summed E-state index contributed by atoms with van der Waals surface area (Å²) in [4.78, 5) is 12.2. The Morgan fingerprint density at radius 3 is 2.45 bits per heavy atom. The number of aryl methyl sites for hydroxylation is 1. The van der Waals surface area contributed by atoms with Gasteiger partial charge in [0.1, 0.15) is 11.6 Å². The van der Waals surface area contributed by atoms with Crippen molar-refractivity contribution in [2.75, 3.05) is 33.6 Å². The summed E-state index contributed by atoms with van der Waals surface area (Å²) in [7, 11) is 4.87. The highest BCUT2D eigenvalue weighted by atomic mass is 32.2. The molecule has 0 aliphatic heterocycles. The molecule has 0 aliphatic rings. The Morgan fingerprint density at radius 2 is 1.76 bits per heavy atom. The zero-order valence-corrected chi connectivity index (χ0v) is 20.3. The second-order valence-electron chi connectivity index (χ2n) is 7.30. The van der Waals surface area contributed by atoms with E-state index >= 15 is 0 Å². The summed E-state index contributed by atoms with van der Waals surface area (Å²) in [5.41, 5.74) is 2.06. The van der Waals surface area contributed by atoms with E-state index in [1.807, 2.05) is 54.0 Å². The Bertz CT molecular complexity index is 1050. The van der Waals surface area contributed by atoms with Crippen LogP contribution in [0.5, 0.6) is 17.2 Å². The van der Waals surface area contributed by atoms with Crippen LogP contribution in [-0.4, -0.2) is 54.3 Å². The summed E-state index contributed by atoms with van der Waals surface area (Å²) in [5, 5.41) is 12.3. The summed E-state index contributed by atoms with van der Waals surface area (Å²) < 4.78 is 17.8. The fraction of sp³-hybridized carbons (Fsp3) is 0.375. The molecular formula is C24H30N4O4S. The molecule has 2 aromatic carbocycles. The highest BCUT2D eigenvalue weighted by Crippen LogP contribution is 2.27. The van der Waals surface area contributed by atoms with Gasteiger partial charge >= 0.3 is 0 Å². The van der Waals surface area contributed by atoms with Crippen LogP contribution in [0.2, 0.25) is 0 Å². The van der Waals surface area contributed by atoms with Crippen molar-refractivity contribution in [1.29, 1.82) is 0 Å². The van der Waals surface area contributed by atoms with Crippen LogP contribution in [0.1, 0.15) is 24.2 Å². The van der Waals surface area contributed by atoms with Crippen molar-refractivity contribution in [3.05, 3.63) is 53.9 Å². The average molecular weight is 471 g/mol. The third-order valence-electron chi connectivity index (χ3n) is 5.09. The molecule has 0 radical (unpaired) electrons. The molecule has 8 nitrogen and oxygen atoms in total. The molecule has 3 rings (SSSR count). The van der Waals surface area contributed by atoms with Crippen molar-refractivity contribution in [3.8, 4) is 22.9 Å². The Balaban J connectivity index is 1.42. The number of aromatic nitrogens is 3. The second-order valence-corrected chi connectivity index (χ2v) is 8.37. The highest BCUT2D eigenvalue weighted by molar-refractivity contribution is 7.99. The molecule has 9 heteroatoms. The van der Waals surface area contributed by atoms with E-state index in [2.05, 4.69) is 15.5 Å². The van der Waals surface area contributed by atoms with E-state index in [0.29, 0.717) is 24.5 Å². The van der Waals surface area contributed by atoms with Gasteiger partial charge in [0.15, 0.2) is 16.7 Å². The fourth-order valence-electron chi connectivity index (χ4n) is 3.33. The van der Waals surface area contributed by atoms with Gasteiger partial charge in [0.2, 0.25) is 5.91 Å². The smallest absolute Gasteiger partial charge is 0.220 e. The molecular weight excluding hydrogens is 440 g/mol. The molecule has 176 valence electrons. The van der Waals surface area contributed by atoms with E-state index in [4.69, 9.17) is 14.2 Å². The Hall–Kier alpha value is -3.20. The lowest BCUT2D eigenvalue weighted by Gasteiger charge is -2.10. The molecule has 1 heterocycles. The van der Waals surface area contributed by atoms with Gasteiger partial charge in [-0.2, -0.15) is 0 Å². The third-order valence-corrected chi connectivity index (χ3v) is 6.10. The van der Waals surface area contributed by atoms with Gasteiger partial charge in [-0.1, -0.05) is 17.8 Å². The Morgan fingerprint density at radius 1 is 1.00 bits per heavy atom. The number of amides is 1. The maximum Gasteiger partial charge on any atom is 0.220 e. The number of carbonyl (C=O) groups excluding carboxylic acids is 1. The minimum atomic E-state index is 0.0453. The van der Waals surface area contributed by atoms with Crippen LogP contribution in [0.3, 0.4) is 0 Å². The lowest BCUT2D eigenvalue weighted by Crippen LogP contribution is -2.25. The Kier molecular flexibility index (Phi) is 9.00. The minimum absolute atomic E-state index is 0.0453. The molecule has 33 heavy (non-hydrogen) atoms. The number of nitrogens with one attached hydrogen (secondary N) is 1. The predicted octanol–water partition coefficient (Wildman–Crippen LogP) is 3.83. The molecule has 3 aromatic rings. The van der Waals surface area contributed by atoms with Gasteiger partial charge in [-0.05, 0) is 61.7 Å². The van der Waals surface area contributed by atoms with Crippen LogP contribution in [-0.2, 0) is 11.2 Å². The molecule has 1 N–H and O–H groups in total. The first-order chi connectivity index (χ1) is 16.0. The predicted molar refractivity (Wildman–Crippen MR) is 129 cm³/mol. The maximum absolute atomic E-state index is 12.2. The molecule has 0 saturated carbocycles. The van der Waals surface area contributed by atoms with Crippen molar-refractivity contribution in [1.82, 2.24) is 20.1 Å². The number of thioether (sulfide) groups is 1. The molecule has 0 aliphatic carbocycles. The van der Waals surface area contributed by atoms with Gasteiger partial charge in [-0.25, -0.2) is 0 Å². The first-order valence-electron chi connectivity index (χ1n) is 10.7. The van der Waals surface area contributed by atoms with Crippen LogP contribution in [0.25, 0.3) is 5.69 Å². The average Bonchev–Trinajstić information content (AvgIpc) is 3.21. The molecule has 1 aromatic heterocycles. The summed E-state index contributed by atoms with van der Waals surface area (Å²) >= 11 is 1.60. The van der Waals surface area contributed by atoms with E-state index in [-0.39, 0.29) is 5.91 Å². The number of hydrogen-bond acceptors (Lipinski definition) is 7. The number of ether oxygens (including phenoxy) is 3. The van der Waals surface area contributed by atoms with E-state index in [1.165, 1.54) is 0 Å². The molecule has 1 amide bonds. The van der Waals surface area contributed by atoms with Crippen molar-refractivity contribution in [3.63, 3.8) is 0 Å². The van der Waals surface area contributed by atoms with Gasteiger partial charge in [0.25, 0.3) is 0 Å². The highest BCUT2D eigenvalue weighted by Gasteiger charge is 2.12. The lowest BCUT2D eigenvalue weighted by molar-refractivity contribution is -0.121. The summed E-state index contributed by atoms with van der Waals surface area (Å²) in [6.07, 6.45) is 1.95. The van der Waals surface area contributed by atoms with Gasteiger partial charge in [-0.15, -0.1) is 10.2 Å². The molecule has 0 saturated heterocycles. The number of hydrogen-bond donors (Lipinski definition) is 1. The molecule has 0 bridgehead atoms. The SMILES string of the molecule is COc1ccc(-n2c(C)nnc2SCCCC(=O)NCCc2ccc(OC)c(OC)c2)cc1. The van der Waals surface area contributed by atoms with Gasteiger partial charge in [-0.3, -0.25) is 9.36 Å². The van der Waals surface area contributed by atoms with Crippen LogP contribution >= 0.6 is 11.8 Å². The number of methoxy groups -OCH3 is 3. The van der Waals surface area contributed by atoms with E-state index in [0.717, 1.165) is 46.6 Å². The number of rotatable bonds is 12. The van der Waals surface area contributed by atoms with E-state index < -0.39 is 0 Å². The number of benzene rings is 2. The van der Waals surface area contributed by atoms with Crippen molar-refractivity contribution in [2.45, 2.75) is 31.3 Å². The summed E-state index contributed by atoms with van der Waals surface area (Å²) in [5.74, 6) is 3.82. The largest absolute Gasteiger partial charge is 0.497 e. The lowest BCUT2D eigenvalue weighted by atomic mass is 10.1. The fourth-order valence-corrected chi connectivity index (χ4v) is 4.27. The zero-order valence-electron chi connectivity index (χ0n) is 19.5. The molecule has 0 atom stereocenters. The first-order valence-corrected chi connectivity index (χ1v) is 11.7. The van der Waals surface area contributed by atoms with Crippen molar-refractivity contribution >= 4 is 17.7 Å². The summed E-state index contributed by atoms with van der Waals surface area (Å²) in [6.45, 7) is 2.50. The van der Waals surface area contributed by atoms with Gasteiger partial charge in [0.05, 0.1) is 21.3 Å². The minimum Gasteiger partial charge on any atom is -0.497 e. The third kappa shape index (κ3) is 6.64. The first kappa shape index (κ1) is 24.4. The van der Waals surface area contributed by atoms with E-state index in [1.54, 1.807) is 33.1 Å². The van der Waals surface area contributed by atoms with Crippen LogP contribution in [0.4, 0.5) is 0 Å². The van der Waals surface area contributed by atoms with Crippen molar-refractivity contribution < 1.29 is 19.0 Å². The second kappa shape index (κ2) is 12.2. The number of nitrogens with zero attached hydrogens (tertiary/aromatic N) is 3. The molecule has 0 spiro atoms. The Labute approximate surface area is 198 Å². The standard InChI is InChI=1S/C24H30N4O4S/c1-17-26-27-24(28(17)19-8-10-20(30-2)11-9-19)33-15-5-6-23(29)25-14-13-18-7-12-21(31-3)22(16-18)32-4/h7-12,16H,5-6,13-15H2,1-4H3,(H,25,29). The summed E-state index contributed by atoms with van der Waals surface area (Å²) in [6, 6.07) is 13.6. The monoisotopic (exact) mass is 470 g/mol. The van der Waals surface area contributed by atoms with Gasteiger partial charge in [0, 0.05) is 24.4 Å². The van der Waals surface area contributed by atoms with Gasteiger partial charge < -0.3 is 19.5 Å². The maximum atomic E-state index is 12.2. The molecule has 0 unspecified atom stereocenters. The van der Waals surface area contributed by atoms with Crippen molar-refractivity contribution in [2.24, 2.45) is 0 Å². The van der Waals surface area contributed by atoms with Crippen LogP contribution in [0.15, 0.2) is 47.6 Å². The van der Waals surface area contributed by atoms with E-state index in [9.17, 15) is 4.79 Å². The zero-order chi connectivity index (χ0) is 23.6. The number of carbonyl (C=O) groups is 1. The van der Waals surface area contributed by atoms with Crippen LogP contribution in [0, 0.1) is 6.92 Å². The van der Waals surface area contributed by atoms with Crippen LogP contribution < -0.4 is 19.5 Å². The normalized spacial score (nSPS) is 10.7. The molecule has 0 fully saturated rings. The quantitative estimate of drug-likeness (QED) is 0.318.